The zero-order chi connectivity index (χ0) is 20.3. The van der Waals surface area contributed by atoms with Gasteiger partial charge in [0.25, 0.3) is 0 Å². The monoisotopic (exact) mass is 426 g/mol. The van der Waals surface area contributed by atoms with E-state index in [1.165, 1.54) is 28.3 Å². The van der Waals surface area contributed by atoms with Crippen LogP contribution < -0.4 is 5.32 Å². The highest BCUT2D eigenvalue weighted by Gasteiger charge is 2.16. The first kappa shape index (κ1) is 20.3. The normalized spacial score (nSPS) is 17.4. The smallest absolute Gasteiger partial charge is 0.175 e. The molecule has 0 spiro atoms. The van der Waals surface area contributed by atoms with E-state index in [2.05, 4.69) is 46.8 Å². The Morgan fingerprint density at radius 1 is 1.10 bits per heavy atom. The van der Waals surface area contributed by atoms with Gasteiger partial charge in [0.1, 0.15) is 0 Å². The molecule has 2 N–H and O–H groups in total. The van der Waals surface area contributed by atoms with Crippen LogP contribution in [0.4, 0.5) is 0 Å². The number of hydrogen-bond donors (Lipinski definition) is 2. The molecule has 4 nitrogen and oxygen atoms in total. The largest absolute Gasteiger partial charge is 0.361 e. The van der Waals surface area contributed by atoms with Crippen molar-refractivity contribution >= 4 is 38.1 Å². The molecule has 0 amide bonds. The van der Waals surface area contributed by atoms with E-state index in [1.54, 1.807) is 12.1 Å². The number of fused-ring (bicyclic) bond motifs is 1. The number of aromatic amines is 1. The third kappa shape index (κ3) is 4.94. The summed E-state index contributed by atoms with van der Waals surface area (Å²) in [4.78, 5) is 3.72. The van der Waals surface area contributed by atoms with Gasteiger partial charge in [-0.15, -0.1) is 0 Å². The molecule has 0 aliphatic carbocycles. The second-order valence-corrected chi connectivity index (χ2v) is 10.7. The summed E-state index contributed by atoms with van der Waals surface area (Å²) in [7, 11) is -3.15. The highest BCUT2D eigenvalue weighted by atomic mass is 32.2. The SMILES string of the molecule is CS(=O)(=O)c1ccc(C2=CCNC(CCSCc3c[nH]c4ccccc34)C2)cc1. The van der Waals surface area contributed by atoms with Crippen LogP contribution in [0.3, 0.4) is 0 Å². The molecule has 0 radical (unpaired) electrons. The molecule has 1 unspecified atom stereocenters. The van der Waals surface area contributed by atoms with Crippen LogP contribution in [0.5, 0.6) is 0 Å². The van der Waals surface area contributed by atoms with E-state index in [4.69, 9.17) is 0 Å². The van der Waals surface area contributed by atoms with Gasteiger partial charge in [0, 0.05) is 41.7 Å². The molecule has 1 aromatic heterocycles. The maximum absolute atomic E-state index is 11.6. The van der Waals surface area contributed by atoms with E-state index < -0.39 is 9.84 Å². The van der Waals surface area contributed by atoms with Crippen LogP contribution in [0.25, 0.3) is 16.5 Å². The van der Waals surface area contributed by atoms with Gasteiger partial charge < -0.3 is 10.3 Å². The summed E-state index contributed by atoms with van der Waals surface area (Å²) in [6, 6.07) is 16.2. The fourth-order valence-electron chi connectivity index (χ4n) is 3.78. The maximum Gasteiger partial charge on any atom is 0.175 e. The lowest BCUT2D eigenvalue weighted by Gasteiger charge is -2.24. The average Bonchev–Trinajstić information content (AvgIpc) is 3.14. The summed E-state index contributed by atoms with van der Waals surface area (Å²) in [6.45, 7) is 0.862. The van der Waals surface area contributed by atoms with Crippen LogP contribution in [-0.4, -0.2) is 38.0 Å². The Morgan fingerprint density at radius 2 is 1.90 bits per heavy atom. The van der Waals surface area contributed by atoms with Gasteiger partial charge in [-0.25, -0.2) is 8.42 Å². The number of benzene rings is 2. The Morgan fingerprint density at radius 3 is 2.69 bits per heavy atom. The molecular formula is C23H26N2O2S2. The number of hydrogen-bond acceptors (Lipinski definition) is 4. The predicted octanol–water partition coefficient (Wildman–Crippen LogP) is 4.64. The van der Waals surface area contributed by atoms with E-state index in [9.17, 15) is 8.42 Å². The third-order valence-electron chi connectivity index (χ3n) is 5.42. The van der Waals surface area contributed by atoms with Gasteiger partial charge in [-0.2, -0.15) is 11.8 Å². The topological polar surface area (TPSA) is 62.0 Å². The predicted molar refractivity (Wildman–Crippen MR) is 123 cm³/mol. The van der Waals surface area contributed by atoms with Crippen molar-refractivity contribution in [1.29, 1.82) is 0 Å². The molecule has 2 heterocycles. The lowest BCUT2D eigenvalue weighted by atomic mass is 9.94. The van der Waals surface area contributed by atoms with E-state index in [1.807, 2.05) is 23.9 Å². The number of nitrogens with one attached hydrogen (secondary N) is 2. The minimum absolute atomic E-state index is 0.376. The molecule has 152 valence electrons. The van der Waals surface area contributed by atoms with Crippen LogP contribution in [0.1, 0.15) is 24.0 Å². The van der Waals surface area contributed by atoms with Gasteiger partial charge in [-0.05, 0) is 53.5 Å². The van der Waals surface area contributed by atoms with Crippen molar-refractivity contribution in [2.75, 3.05) is 18.6 Å². The lowest BCUT2D eigenvalue weighted by molar-refractivity contribution is 0.525. The Balaban J connectivity index is 1.29. The van der Waals surface area contributed by atoms with Crippen molar-refractivity contribution in [3.05, 3.63) is 71.9 Å². The molecule has 1 aliphatic rings. The molecule has 29 heavy (non-hydrogen) atoms. The van der Waals surface area contributed by atoms with Crippen molar-refractivity contribution in [2.45, 2.75) is 29.5 Å². The van der Waals surface area contributed by atoms with Gasteiger partial charge >= 0.3 is 0 Å². The summed E-state index contributed by atoms with van der Waals surface area (Å²) < 4.78 is 23.3. The first-order chi connectivity index (χ1) is 14.0. The second kappa shape index (κ2) is 8.78. The van der Waals surface area contributed by atoms with Gasteiger partial charge in [-0.3, -0.25) is 0 Å². The highest BCUT2D eigenvalue weighted by Crippen LogP contribution is 2.27. The van der Waals surface area contributed by atoms with Crippen LogP contribution in [0, 0.1) is 0 Å². The van der Waals surface area contributed by atoms with Crippen molar-refractivity contribution in [1.82, 2.24) is 10.3 Å². The van der Waals surface area contributed by atoms with E-state index in [0.29, 0.717) is 10.9 Å². The standard InChI is InChI=1S/C23H26N2O2S2/c1-29(26,27)21-8-6-17(7-9-21)18-10-12-24-20(14-18)11-13-28-16-19-15-25-23-5-3-2-4-22(19)23/h2-10,15,20,24-25H,11-14,16H2,1H3. The second-order valence-electron chi connectivity index (χ2n) is 7.54. The zero-order valence-electron chi connectivity index (χ0n) is 16.5. The molecular weight excluding hydrogens is 400 g/mol. The maximum atomic E-state index is 11.6. The minimum atomic E-state index is -3.15. The quantitative estimate of drug-likeness (QED) is 0.540. The van der Waals surface area contributed by atoms with Gasteiger partial charge in [0.15, 0.2) is 9.84 Å². The van der Waals surface area contributed by atoms with Crippen molar-refractivity contribution in [2.24, 2.45) is 0 Å². The van der Waals surface area contributed by atoms with Gasteiger partial charge in [-0.1, -0.05) is 36.4 Å². The summed E-state index contributed by atoms with van der Waals surface area (Å²) in [5.74, 6) is 2.13. The average molecular weight is 427 g/mol. The molecule has 0 saturated heterocycles. The van der Waals surface area contributed by atoms with Crippen molar-refractivity contribution in [3.8, 4) is 0 Å². The van der Waals surface area contributed by atoms with Crippen LogP contribution >= 0.6 is 11.8 Å². The van der Waals surface area contributed by atoms with Crippen LogP contribution in [0.2, 0.25) is 0 Å². The van der Waals surface area contributed by atoms with E-state index in [-0.39, 0.29) is 0 Å². The molecule has 6 heteroatoms. The van der Waals surface area contributed by atoms with Crippen molar-refractivity contribution in [3.63, 3.8) is 0 Å². The Bertz CT molecular complexity index is 1120. The number of sulfone groups is 1. The Hall–Kier alpha value is -2.02. The van der Waals surface area contributed by atoms with Crippen LogP contribution in [0.15, 0.2) is 65.7 Å². The first-order valence-electron chi connectivity index (χ1n) is 9.86. The van der Waals surface area contributed by atoms with Crippen LogP contribution in [-0.2, 0) is 15.6 Å². The minimum Gasteiger partial charge on any atom is -0.361 e. The van der Waals surface area contributed by atoms with Crippen molar-refractivity contribution < 1.29 is 8.42 Å². The molecule has 1 aliphatic heterocycles. The molecule has 0 saturated carbocycles. The summed E-state index contributed by atoms with van der Waals surface area (Å²) in [6.07, 6.45) is 7.68. The van der Waals surface area contributed by atoms with Gasteiger partial charge in [0.2, 0.25) is 0 Å². The number of aromatic nitrogens is 1. The Labute approximate surface area is 176 Å². The number of rotatable bonds is 7. The zero-order valence-corrected chi connectivity index (χ0v) is 18.2. The van der Waals surface area contributed by atoms with E-state index >= 15 is 0 Å². The third-order valence-corrected chi connectivity index (χ3v) is 7.59. The number of H-pyrrole nitrogens is 1. The molecule has 2 aromatic carbocycles. The fraction of sp³-hybridized carbons (Fsp3) is 0.304. The summed E-state index contributed by atoms with van der Waals surface area (Å²) >= 11 is 1.98. The highest BCUT2D eigenvalue weighted by molar-refractivity contribution is 7.98. The molecule has 3 aromatic rings. The lowest BCUT2D eigenvalue weighted by Crippen LogP contribution is -2.33. The molecule has 0 fully saturated rings. The first-order valence-corrected chi connectivity index (χ1v) is 12.9. The molecule has 1 atom stereocenters. The molecule has 4 rings (SSSR count). The molecule has 0 bridgehead atoms. The van der Waals surface area contributed by atoms with Gasteiger partial charge in [0.05, 0.1) is 4.90 Å². The summed E-state index contributed by atoms with van der Waals surface area (Å²) in [5.41, 5.74) is 4.99. The summed E-state index contributed by atoms with van der Waals surface area (Å²) in [5, 5.41) is 4.90. The fourth-order valence-corrected chi connectivity index (χ4v) is 5.47. The number of thioether (sulfide) groups is 1. The van der Waals surface area contributed by atoms with E-state index in [0.717, 1.165) is 36.5 Å². The number of para-hydroxylation sites is 1. The Kier molecular flexibility index (Phi) is 6.13.